The lowest BCUT2D eigenvalue weighted by Crippen LogP contribution is -2.20. The molecule has 0 amide bonds. The number of hydrogen-bond donors (Lipinski definition) is 1. The molecule has 1 unspecified atom stereocenters. The largest absolute Gasteiger partial charge is 0.406 e. The Balaban J connectivity index is 1.99. The van der Waals surface area contributed by atoms with Gasteiger partial charge in [-0.15, -0.1) is 5.10 Å². The zero-order valence-electron chi connectivity index (χ0n) is 8.60. The summed E-state index contributed by atoms with van der Waals surface area (Å²) >= 11 is 0. The molecule has 1 aliphatic rings. The predicted octanol–water partition coefficient (Wildman–Crippen LogP) is 0.935. The molecule has 0 radical (unpaired) electrons. The van der Waals surface area contributed by atoms with E-state index in [-0.39, 0.29) is 6.04 Å². The van der Waals surface area contributed by atoms with Crippen molar-refractivity contribution >= 4 is 6.01 Å². The van der Waals surface area contributed by atoms with E-state index in [0.29, 0.717) is 11.9 Å². The summed E-state index contributed by atoms with van der Waals surface area (Å²) in [5, 5.41) is 7.83. The van der Waals surface area contributed by atoms with Crippen molar-refractivity contribution < 1.29 is 4.42 Å². The number of anilines is 1. The zero-order valence-corrected chi connectivity index (χ0v) is 8.60. The van der Waals surface area contributed by atoms with Crippen LogP contribution in [0.5, 0.6) is 0 Å². The van der Waals surface area contributed by atoms with Crippen molar-refractivity contribution in [1.82, 2.24) is 10.2 Å². The average Bonchev–Trinajstić information content (AvgIpc) is 2.81. The van der Waals surface area contributed by atoms with Crippen LogP contribution in [0.1, 0.15) is 31.7 Å². The molecule has 2 rings (SSSR count). The van der Waals surface area contributed by atoms with E-state index in [1.807, 2.05) is 18.9 Å². The van der Waals surface area contributed by atoms with E-state index >= 15 is 0 Å². The Kier molecular flexibility index (Phi) is 2.41. The van der Waals surface area contributed by atoms with Crippen molar-refractivity contribution in [3.8, 4) is 0 Å². The van der Waals surface area contributed by atoms with Crippen LogP contribution in [-0.4, -0.2) is 23.8 Å². The highest BCUT2D eigenvalue weighted by Crippen LogP contribution is 2.30. The summed E-state index contributed by atoms with van der Waals surface area (Å²) in [5.74, 6) is 1.31. The number of aromatic nitrogens is 2. The minimum absolute atomic E-state index is 0.189. The molecule has 14 heavy (non-hydrogen) atoms. The molecule has 0 spiro atoms. The SMILES string of the molecule is CC(N)c1nnc(N(C)CC2CC2)o1. The maximum atomic E-state index is 5.63. The Labute approximate surface area is 83.3 Å². The van der Waals surface area contributed by atoms with Gasteiger partial charge in [-0.05, 0) is 25.7 Å². The molecule has 1 fully saturated rings. The van der Waals surface area contributed by atoms with E-state index in [2.05, 4.69) is 10.2 Å². The standard InChI is InChI=1S/C9H16N4O/c1-6(10)8-11-12-9(14-8)13(2)5-7-3-4-7/h6-7H,3-5,10H2,1-2H3. The molecule has 1 aliphatic carbocycles. The van der Waals surface area contributed by atoms with Crippen LogP contribution < -0.4 is 10.6 Å². The Bertz CT molecular complexity index is 306. The Hall–Kier alpha value is -1.10. The molecule has 0 aromatic carbocycles. The van der Waals surface area contributed by atoms with E-state index in [0.717, 1.165) is 12.5 Å². The Morgan fingerprint density at radius 3 is 2.79 bits per heavy atom. The molecule has 1 saturated carbocycles. The Morgan fingerprint density at radius 2 is 2.29 bits per heavy atom. The highest BCUT2D eigenvalue weighted by atomic mass is 16.4. The molecule has 1 atom stereocenters. The van der Waals surface area contributed by atoms with Gasteiger partial charge in [-0.3, -0.25) is 0 Å². The molecule has 0 saturated heterocycles. The normalized spacial score (nSPS) is 18.2. The smallest absolute Gasteiger partial charge is 0.317 e. The van der Waals surface area contributed by atoms with Crippen LogP contribution in [0.4, 0.5) is 6.01 Å². The fourth-order valence-corrected chi connectivity index (χ4v) is 1.33. The Morgan fingerprint density at radius 1 is 1.57 bits per heavy atom. The summed E-state index contributed by atoms with van der Waals surface area (Å²) in [5.41, 5.74) is 5.63. The van der Waals surface area contributed by atoms with Crippen LogP contribution in [0.25, 0.3) is 0 Å². The molecule has 2 N–H and O–H groups in total. The topological polar surface area (TPSA) is 68.2 Å². The van der Waals surface area contributed by atoms with Gasteiger partial charge in [0.05, 0.1) is 6.04 Å². The number of nitrogens with zero attached hydrogens (tertiary/aromatic N) is 3. The molecule has 1 heterocycles. The zero-order chi connectivity index (χ0) is 10.1. The van der Waals surface area contributed by atoms with Gasteiger partial charge in [0.15, 0.2) is 0 Å². The van der Waals surface area contributed by atoms with Crippen LogP contribution in [-0.2, 0) is 0 Å². The van der Waals surface area contributed by atoms with Gasteiger partial charge in [-0.1, -0.05) is 5.10 Å². The minimum atomic E-state index is -0.189. The monoisotopic (exact) mass is 196 g/mol. The molecule has 1 aromatic heterocycles. The van der Waals surface area contributed by atoms with E-state index in [1.165, 1.54) is 12.8 Å². The van der Waals surface area contributed by atoms with Crippen molar-refractivity contribution in [2.45, 2.75) is 25.8 Å². The summed E-state index contributed by atoms with van der Waals surface area (Å²) in [4.78, 5) is 2.00. The van der Waals surface area contributed by atoms with Crippen LogP contribution in [0.15, 0.2) is 4.42 Å². The summed E-state index contributed by atoms with van der Waals surface area (Å²) in [6.45, 7) is 2.83. The summed E-state index contributed by atoms with van der Waals surface area (Å²) in [6.07, 6.45) is 2.64. The second kappa shape index (κ2) is 3.57. The fraction of sp³-hybridized carbons (Fsp3) is 0.778. The molecule has 5 nitrogen and oxygen atoms in total. The molecule has 0 aliphatic heterocycles. The van der Waals surface area contributed by atoms with Gasteiger partial charge in [0.25, 0.3) is 0 Å². The van der Waals surface area contributed by atoms with Crippen molar-refractivity contribution in [1.29, 1.82) is 0 Å². The maximum Gasteiger partial charge on any atom is 0.317 e. The van der Waals surface area contributed by atoms with E-state index < -0.39 is 0 Å². The first kappa shape index (κ1) is 9.45. The van der Waals surface area contributed by atoms with Crippen LogP contribution in [0.3, 0.4) is 0 Å². The van der Waals surface area contributed by atoms with Crippen molar-refractivity contribution in [3.63, 3.8) is 0 Å². The lowest BCUT2D eigenvalue weighted by Gasteiger charge is -2.12. The van der Waals surface area contributed by atoms with Gasteiger partial charge >= 0.3 is 6.01 Å². The first-order valence-electron chi connectivity index (χ1n) is 4.97. The van der Waals surface area contributed by atoms with Gasteiger partial charge in [0.2, 0.25) is 5.89 Å². The second-order valence-corrected chi connectivity index (χ2v) is 4.04. The number of hydrogen-bond acceptors (Lipinski definition) is 5. The summed E-state index contributed by atoms with van der Waals surface area (Å²) < 4.78 is 5.41. The van der Waals surface area contributed by atoms with Crippen molar-refractivity contribution in [3.05, 3.63) is 5.89 Å². The quantitative estimate of drug-likeness (QED) is 0.776. The average molecular weight is 196 g/mol. The first-order valence-corrected chi connectivity index (χ1v) is 4.97. The van der Waals surface area contributed by atoms with E-state index in [1.54, 1.807) is 0 Å². The molecular formula is C9H16N4O. The minimum Gasteiger partial charge on any atom is -0.406 e. The molecule has 1 aromatic rings. The lowest BCUT2D eigenvalue weighted by molar-refractivity contribution is 0.459. The van der Waals surface area contributed by atoms with Gasteiger partial charge in [0.1, 0.15) is 0 Å². The molecule has 78 valence electrons. The lowest BCUT2D eigenvalue weighted by atomic mass is 10.4. The molecular weight excluding hydrogens is 180 g/mol. The maximum absolute atomic E-state index is 5.63. The summed E-state index contributed by atoms with van der Waals surface area (Å²) in [7, 11) is 1.97. The van der Waals surface area contributed by atoms with Crippen molar-refractivity contribution in [2.75, 3.05) is 18.5 Å². The van der Waals surface area contributed by atoms with Crippen LogP contribution in [0.2, 0.25) is 0 Å². The predicted molar refractivity (Wildman–Crippen MR) is 52.9 cm³/mol. The van der Waals surface area contributed by atoms with Gasteiger partial charge in [-0.2, -0.15) is 0 Å². The number of nitrogens with two attached hydrogens (primary N) is 1. The third kappa shape index (κ3) is 2.04. The second-order valence-electron chi connectivity index (χ2n) is 4.04. The molecule has 0 bridgehead atoms. The fourth-order valence-electron chi connectivity index (χ4n) is 1.33. The third-order valence-corrected chi connectivity index (χ3v) is 2.38. The molecule has 5 heteroatoms. The van der Waals surface area contributed by atoms with Gasteiger partial charge in [0, 0.05) is 13.6 Å². The van der Waals surface area contributed by atoms with E-state index in [9.17, 15) is 0 Å². The van der Waals surface area contributed by atoms with Crippen LogP contribution in [0, 0.1) is 5.92 Å². The highest BCUT2D eigenvalue weighted by molar-refractivity contribution is 5.22. The van der Waals surface area contributed by atoms with Gasteiger partial charge in [-0.25, -0.2) is 0 Å². The first-order chi connectivity index (χ1) is 6.66. The van der Waals surface area contributed by atoms with Crippen molar-refractivity contribution in [2.24, 2.45) is 11.7 Å². The summed E-state index contributed by atoms with van der Waals surface area (Å²) in [6, 6.07) is 0.384. The third-order valence-electron chi connectivity index (χ3n) is 2.38. The van der Waals surface area contributed by atoms with Crippen LogP contribution >= 0.6 is 0 Å². The van der Waals surface area contributed by atoms with Gasteiger partial charge < -0.3 is 15.1 Å². The highest BCUT2D eigenvalue weighted by Gasteiger charge is 2.25. The van der Waals surface area contributed by atoms with E-state index in [4.69, 9.17) is 10.2 Å². The number of rotatable bonds is 4.